The van der Waals surface area contributed by atoms with Crippen LogP contribution in [0.3, 0.4) is 0 Å². The van der Waals surface area contributed by atoms with Crippen LogP contribution in [0.1, 0.15) is 0 Å². The van der Waals surface area contributed by atoms with E-state index in [1.165, 1.54) is 64.1 Å². The Labute approximate surface area is 308 Å². The summed E-state index contributed by atoms with van der Waals surface area (Å²) in [7, 11) is -2.35. The molecule has 1 nitrogen and oxygen atoms in total. The Morgan fingerprint density at radius 1 is 0.385 bits per heavy atom. The Hall–Kier alpha value is -5.26. The predicted molar refractivity (Wildman–Crippen MR) is 236 cm³/mol. The van der Waals surface area contributed by atoms with Crippen LogP contribution in [0.2, 0.25) is 0 Å². The molecular weight excluding hydrogens is 665 g/mol. The molecule has 0 aliphatic heterocycles. The van der Waals surface area contributed by atoms with Crippen molar-refractivity contribution in [1.29, 1.82) is 0 Å². The molecule has 0 fully saturated rings. The van der Waals surface area contributed by atoms with Crippen LogP contribution in [-0.2, 0) is 0 Å². The number of rotatable bonds is 10. The van der Waals surface area contributed by atoms with E-state index < -0.39 is 14.4 Å². The molecule has 9 aromatic carbocycles. The monoisotopic (exact) mass is 706 g/mol. The summed E-state index contributed by atoms with van der Waals surface area (Å²) in [5.41, 5.74) is 0. The molecule has 252 valence electrons. The fourth-order valence-electron chi connectivity index (χ4n) is 8.70. The average Bonchev–Trinajstić information content (AvgIpc) is 3.23. The van der Waals surface area contributed by atoms with Crippen molar-refractivity contribution in [2.75, 3.05) is 12.8 Å². The summed E-state index contributed by atoms with van der Waals surface area (Å²) < 4.78 is 6.78. The molecule has 0 radical (unpaired) electrons. The Kier molecular flexibility index (Phi) is 8.60. The second kappa shape index (κ2) is 13.7. The first-order valence-corrected chi connectivity index (χ1v) is 23.0. The fourth-order valence-corrected chi connectivity index (χ4v) is 17.0. The predicted octanol–water partition coefficient (Wildman–Crippen LogP) is 8.26. The first-order chi connectivity index (χ1) is 25.7. The third kappa shape index (κ3) is 5.50. The second-order valence-electron chi connectivity index (χ2n) is 14.1. The van der Waals surface area contributed by atoms with Gasteiger partial charge in [-0.1, -0.05) is 0 Å². The van der Waals surface area contributed by atoms with Gasteiger partial charge in [-0.15, -0.1) is 0 Å². The van der Waals surface area contributed by atoms with Crippen molar-refractivity contribution >= 4 is 86.1 Å². The molecule has 0 bridgehead atoms. The molecule has 0 spiro atoms. The summed E-state index contributed by atoms with van der Waals surface area (Å²) in [6.07, 6.45) is 0.910. The number of hydrogen-bond donors (Lipinski definition) is 0. The molecule has 0 atom stereocenters. The van der Waals surface area contributed by atoms with Crippen molar-refractivity contribution in [3.8, 4) is 5.75 Å². The van der Waals surface area contributed by atoms with E-state index in [1.807, 2.05) is 0 Å². The van der Waals surface area contributed by atoms with Crippen molar-refractivity contribution in [1.82, 2.24) is 0 Å². The molecule has 0 saturated heterocycles. The van der Waals surface area contributed by atoms with E-state index in [9.17, 15) is 0 Å². The maximum atomic E-state index is 6.78. The van der Waals surface area contributed by atoms with E-state index in [0.717, 1.165) is 11.9 Å². The SMILES string of the molecule is B[PH](c1ccccc1)(c1ccccc1)c1ccc(OCC[PH](c2ccccc2)(c2ccccc2)c2ccc3ccc4cccc5ccc2c3c45)cc1. The standard InChI is InChI=1S/C48H41BOP2/c49-52(42-20-9-3-10-21-42,43-22-11-4-12-23-43)44-30-28-39(29-31-44)50-34-35-51(40-16-5-1-6-17-40,41-18-7-2-8-19-41)46-33-27-38-25-24-36-14-13-15-37-26-32-45(46)48(38)47(36)37/h1-33,51-52H,34-35,49H2. The van der Waals surface area contributed by atoms with Crippen LogP contribution in [0.4, 0.5) is 0 Å². The summed E-state index contributed by atoms with van der Waals surface area (Å²) in [4.78, 5) is 0. The molecule has 0 heterocycles. The molecule has 0 aromatic heterocycles. The quantitative estimate of drug-likeness (QED) is 0.0791. The molecule has 0 aliphatic carbocycles. The van der Waals surface area contributed by atoms with Crippen LogP contribution in [0.15, 0.2) is 200 Å². The molecule has 0 amide bonds. The topological polar surface area (TPSA) is 9.23 Å². The van der Waals surface area contributed by atoms with Gasteiger partial charge in [-0.05, 0) is 0 Å². The van der Waals surface area contributed by atoms with Gasteiger partial charge in [0.15, 0.2) is 0 Å². The Balaban J connectivity index is 1.13. The van der Waals surface area contributed by atoms with E-state index in [2.05, 4.69) is 208 Å². The molecule has 9 aromatic rings. The van der Waals surface area contributed by atoms with Gasteiger partial charge in [0.05, 0.1) is 0 Å². The minimum atomic E-state index is -2.62. The van der Waals surface area contributed by atoms with Crippen molar-refractivity contribution in [3.05, 3.63) is 200 Å². The normalized spacial score (nSPS) is 12.7. The van der Waals surface area contributed by atoms with Gasteiger partial charge in [-0.2, -0.15) is 0 Å². The Morgan fingerprint density at radius 2 is 0.827 bits per heavy atom. The maximum absolute atomic E-state index is 6.78. The first-order valence-electron chi connectivity index (χ1n) is 18.3. The Morgan fingerprint density at radius 3 is 1.37 bits per heavy atom. The zero-order valence-electron chi connectivity index (χ0n) is 29.4. The second-order valence-corrected chi connectivity index (χ2v) is 22.1. The third-order valence-electron chi connectivity index (χ3n) is 11.4. The summed E-state index contributed by atoms with van der Waals surface area (Å²) in [5.74, 6) is 0.917. The molecule has 0 saturated carbocycles. The van der Waals surface area contributed by atoms with Gasteiger partial charge in [0.2, 0.25) is 0 Å². The van der Waals surface area contributed by atoms with E-state index in [4.69, 9.17) is 4.74 Å². The van der Waals surface area contributed by atoms with Gasteiger partial charge in [-0.3, -0.25) is 0 Å². The summed E-state index contributed by atoms with van der Waals surface area (Å²) >= 11 is 0. The average molecular weight is 707 g/mol. The van der Waals surface area contributed by atoms with Crippen molar-refractivity contribution < 1.29 is 4.74 Å². The van der Waals surface area contributed by atoms with E-state index in [-0.39, 0.29) is 0 Å². The fraction of sp³-hybridized carbons (Fsp3) is 0.0417. The molecule has 0 unspecified atom stereocenters. The van der Waals surface area contributed by atoms with E-state index in [0.29, 0.717) is 6.61 Å². The number of hydrogen-bond acceptors (Lipinski definition) is 1. The van der Waals surface area contributed by atoms with Gasteiger partial charge in [-0.25, -0.2) is 0 Å². The number of benzene rings is 9. The van der Waals surface area contributed by atoms with E-state index >= 15 is 0 Å². The van der Waals surface area contributed by atoms with Crippen molar-refractivity contribution in [2.24, 2.45) is 0 Å². The van der Waals surface area contributed by atoms with Crippen LogP contribution in [0, 0.1) is 0 Å². The van der Waals surface area contributed by atoms with Crippen LogP contribution in [-0.4, -0.2) is 20.3 Å². The summed E-state index contributed by atoms with van der Waals surface area (Å²) in [6, 6.07) is 74.3. The van der Waals surface area contributed by atoms with Crippen LogP contribution in [0.25, 0.3) is 32.3 Å². The van der Waals surface area contributed by atoms with E-state index in [1.54, 1.807) is 0 Å². The molecule has 0 N–H and O–H groups in total. The number of ether oxygens (including phenoxy) is 1. The summed E-state index contributed by atoms with van der Waals surface area (Å²) in [5, 5.41) is 16.4. The molecular formula is C48H41BOP2. The third-order valence-corrected chi connectivity index (χ3v) is 20.8. The summed E-state index contributed by atoms with van der Waals surface area (Å²) in [6.45, 7) is 0.614. The minimum absolute atomic E-state index is 0.614. The zero-order valence-corrected chi connectivity index (χ0v) is 31.4. The van der Waals surface area contributed by atoms with Crippen molar-refractivity contribution in [3.63, 3.8) is 0 Å². The Bertz CT molecular complexity index is 2500. The van der Waals surface area contributed by atoms with Gasteiger partial charge in [0, 0.05) is 0 Å². The molecule has 0 aliphatic rings. The van der Waals surface area contributed by atoms with Crippen LogP contribution >= 0.6 is 14.4 Å². The van der Waals surface area contributed by atoms with Crippen LogP contribution < -0.4 is 36.6 Å². The van der Waals surface area contributed by atoms with Gasteiger partial charge in [0.1, 0.15) is 0 Å². The zero-order chi connectivity index (χ0) is 35.0. The van der Waals surface area contributed by atoms with Crippen molar-refractivity contribution in [2.45, 2.75) is 0 Å². The van der Waals surface area contributed by atoms with Gasteiger partial charge in [0.25, 0.3) is 0 Å². The van der Waals surface area contributed by atoms with Gasteiger partial charge >= 0.3 is 310 Å². The molecule has 52 heavy (non-hydrogen) atoms. The molecule has 9 rings (SSSR count). The first kappa shape index (κ1) is 32.6. The van der Waals surface area contributed by atoms with Crippen LogP contribution in [0.5, 0.6) is 5.75 Å². The molecule has 4 heteroatoms. The van der Waals surface area contributed by atoms with Gasteiger partial charge < -0.3 is 0 Å².